The van der Waals surface area contributed by atoms with Gasteiger partial charge in [-0.2, -0.15) is 0 Å². The summed E-state index contributed by atoms with van der Waals surface area (Å²) in [6.45, 7) is 0. The first kappa shape index (κ1) is 11.7. The number of aromatic nitrogens is 2. The molecule has 0 spiro atoms. The molecular formula is C14H10N2O2S. The first-order chi connectivity index (χ1) is 9.27. The molecule has 2 aromatic heterocycles. The number of thiophene rings is 1. The van der Waals surface area contributed by atoms with E-state index in [0.717, 1.165) is 16.0 Å². The Balaban J connectivity index is 2.21. The first-order valence-corrected chi connectivity index (χ1v) is 6.56. The highest BCUT2D eigenvalue weighted by atomic mass is 32.1. The fourth-order valence-corrected chi connectivity index (χ4v) is 2.78. The Morgan fingerprint density at radius 2 is 1.89 bits per heavy atom. The molecule has 0 radical (unpaired) electrons. The van der Waals surface area contributed by atoms with Gasteiger partial charge in [0.05, 0.1) is 4.88 Å². The molecule has 4 nitrogen and oxygen atoms in total. The molecule has 0 unspecified atom stereocenters. The smallest absolute Gasteiger partial charge is 0.286 e. The second-order valence-corrected chi connectivity index (χ2v) is 4.86. The van der Waals surface area contributed by atoms with Crippen LogP contribution in [0.1, 0.15) is 0 Å². The summed E-state index contributed by atoms with van der Waals surface area (Å²) < 4.78 is 0.582. The second kappa shape index (κ2) is 4.70. The summed E-state index contributed by atoms with van der Waals surface area (Å²) in [5.41, 5.74) is 1.49. The maximum atomic E-state index is 11.5. The summed E-state index contributed by atoms with van der Waals surface area (Å²) in [7, 11) is 0. The van der Waals surface area contributed by atoms with Crippen molar-refractivity contribution in [1.82, 2.24) is 9.71 Å². The van der Waals surface area contributed by atoms with Crippen LogP contribution in [0.2, 0.25) is 0 Å². The van der Waals surface area contributed by atoms with Crippen molar-refractivity contribution >= 4 is 11.3 Å². The summed E-state index contributed by atoms with van der Waals surface area (Å²) >= 11 is 1.44. The van der Waals surface area contributed by atoms with Crippen LogP contribution in [-0.4, -0.2) is 14.9 Å². The SMILES string of the molecule is O=c1ccnc(-c2sccc2-c2ccccc2)n1O. The van der Waals surface area contributed by atoms with E-state index in [2.05, 4.69) is 4.98 Å². The van der Waals surface area contributed by atoms with Crippen LogP contribution in [0.15, 0.2) is 58.8 Å². The molecule has 1 N–H and O–H groups in total. The zero-order valence-corrected chi connectivity index (χ0v) is 10.7. The summed E-state index contributed by atoms with van der Waals surface area (Å²) in [6.07, 6.45) is 1.40. The van der Waals surface area contributed by atoms with Gasteiger partial charge < -0.3 is 5.21 Å². The van der Waals surface area contributed by atoms with Gasteiger partial charge in [-0.05, 0) is 17.0 Å². The van der Waals surface area contributed by atoms with Gasteiger partial charge in [-0.15, -0.1) is 16.1 Å². The Hall–Kier alpha value is -2.40. The van der Waals surface area contributed by atoms with E-state index in [4.69, 9.17) is 0 Å². The van der Waals surface area contributed by atoms with Gasteiger partial charge in [-0.3, -0.25) is 4.79 Å². The highest BCUT2D eigenvalue weighted by molar-refractivity contribution is 7.14. The van der Waals surface area contributed by atoms with Crippen molar-refractivity contribution in [2.24, 2.45) is 0 Å². The van der Waals surface area contributed by atoms with Crippen LogP contribution in [0, 0.1) is 0 Å². The van der Waals surface area contributed by atoms with Crippen molar-refractivity contribution in [3.63, 3.8) is 0 Å². The van der Waals surface area contributed by atoms with E-state index in [0.29, 0.717) is 4.73 Å². The molecule has 5 heteroatoms. The van der Waals surface area contributed by atoms with Crippen molar-refractivity contribution in [3.05, 3.63) is 64.4 Å². The Labute approximate surface area is 113 Å². The Morgan fingerprint density at radius 1 is 1.11 bits per heavy atom. The van der Waals surface area contributed by atoms with Gasteiger partial charge in [-0.25, -0.2) is 4.98 Å². The minimum absolute atomic E-state index is 0.265. The largest absolute Gasteiger partial charge is 0.423 e. The van der Waals surface area contributed by atoms with E-state index in [1.54, 1.807) is 0 Å². The average Bonchev–Trinajstić information content (AvgIpc) is 2.92. The number of rotatable bonds is 2. The summed E-state index contributed by atoms with van der Waals surface area (Å²) in [5.74, 6) is 0.265. The van der Waals surface area contributed by atoms with Crippen LogP contribution in [0.3, 0.4) is 0 Å². The molecule has 1 aromatic carbocycles. The van der Waals surface area contributed by atoms with E-state index in [1.165, 1.54) is 23.6 Å². The second-order valence-electron chi connectivity index (χ2n) is 3.95. The van der Waals surface area contributed by atoms with Crippen LogP contribution in [0.4, 0.5) is 0 Å². The summed E-state index contributed by atoms with van der Waals surface area (Å²) in [6, 6.07) is 13.0. The maximum Gasteiger partial charge on any atom is 0.286 e. The molecule has 0 atom stereocenters. The lowest BCUT2D eigenvalue weighted by molar-refractivity contribution is 0.177. The fraction of sp³-hybridized carbons (Fsp3) is 0. The first-order valence-electron chi connectivity index (χ1n) is 5.68. The van der Waals surface area contributed by atoms with Gasteiger partial charge in [-0.1, -0.05) is 30.3 Å². The van der Waals surface area contributed by atoms with Crippen LogP contribution in [0.25, 0.3) is 21.8 Å². The third-order valence-corrected chi connectivity index (χ3v) is 3.69. The van der Waals surface area contributed by atoms with Crippen LogP contribution in [0.5, 0.6) is 0 Å². The molecule has 0 amide bonds. The average molecular weight is 270 g/mol. The van der Waals surface area contributed by atoms with E-state index in [9.17, 15) is 10.0 Å². The molecule has 0 saturated heterocycles. The Kier molecular flexibility index (Phi) is 2.89. The van der Waals surface area contributed by atoms with Crippen molar-refractivity contribution in [2.75, 3.05) is 0 Å². The molecule has 0 aliphatic heterocycles. The monoisotopic (exact) mass is 270 g/mol. The summed E-state index contributed by atoms with van der Waals surface area (Å²) in [4.78, 5) is 16.3. The predicted octanol–water partition coefficient (Wildman–Crippen LogP) is 2.88. The Morgan fingerprint density at radius 3 is 2.68 bits per heavy atom. The molecule has 0 saturated carbocycles. The zero-order chi connectivity index (χ0) is 13.2. The highest BCUT2D eigenvalue weighted by Crippen LogP contribution is 2.34. The standard InChI is InChI=1S/C14H10N2O2S/c17-12-6-8-15-14(16(12)18)13-11(7-9-19-13)10-4-2-1-3-5-10/h1-9,18H. The van der Waals surface area contributed by atoms with E-state index in [1.807, 2.05) is 41.8 Å². The molecule has 0 fully saturated rings. The lowest BCUT2D eigenvalue weighted by atomic mass is 10.1. The number of benzene rings is 1. The Bertz CT molecular complexity index is 762. The number of nitrogens with zero attached hydrogens (tertiary/aromatic N) is 2. The summed E-state index contributed by atoms with van der Waals surface area (Å²) in [5, 5.41) is 11.7. The van der Waals surface area contributed by atoms with E-state index >= 15 is 0 Å². The lowest BCUT2D eigenvalue weighted by Crippen LogP contribution is -2.18. The molecule has 3 aromatic rings. The topological polar surface area (TPSA) is 55.1 Å². The van der Waals surface area contributed by atoms with Gasteiger partial charge >= 0.3 is 0 Å². The van der Waals surface area contributed by atoms with Gasteiger partial charge in [0.2, 0.25) is 0 Å². The molecule has 0 aliphatic rings. The highest BCUT2D eigenvalue weighted by Gasteiger charge is 2.14. The third kappa shape index (κ3) is 2.04. The van der Waals surface area contributed by atoms with Crippen LogP contribution < -0.4 is 5.56 Å². The van der Waals surface area contributed by atoms with Gasteiger partial charge in [0.15, 0.2) is 5.82 Å². The van der Waals surface area contributed by atoms with Crippen LogP contribution in [-0.2, 0) is 0 Å². The molecule has 0 aliphatic carbocycles. The van der Waals surface area contributed by atoms with Gasteiger partial charge in [0.1, 0.15) is 0 Å². The van der Waals surface area contributed by atoms with Crippen LogP contribution >= 0.6 is 11.3 Å². The number of hydrogen-bond donors (Lipinski definition) is 1. The van der Waals surface area contributed by atoms with Crippen molar-refractivity contribution in [1.29, 1.82) is 0 Å². The minimum Gasteiger partial charge on any atom is -0.423 e. The normalized spacial score (nSPS) is 10.5. The molecule has 3 rings (SSSR count). The van der Waals surface area contributed by atoms with Gasteiger partial charge in [0, 0.05) is 17.8 Å². The lowest BCUT2D eigenvalue weighted by Gasteiger charge is -2.06. The van der Waals surface area contributed by atoms with Crippen molar-refractivity contribution in [3.8, 4) is 21.8 Å². The maximum absolute atomic E-state index is 11.5. The quantitative estimate of drug-likeness (QED) is 0.728. The zero-order valence-electron chi connectivity index (χ0n) is 9.85. The molecule has 94 valence electrons. The molecular weight excluding hydrogens is 260 g/mol. The molecule has 2 heterocycles. The molecule has 19 heavy (non-hydrogen) atoms. The third-order valence-electron chi connectivity index (χ3n) is 2.78. The number of hydrogen-bond acceptors (Lipinski definition) is 4. The van der Waals surface area contributed by atoms with E-state index < -0.39 is 5.56 Å². The molecule has 0 bridgehead atoms. The van der Waals surface area contributed by atoms with Crippen molar-refractivity contribution in [2.45, 2.75) is 0 Å². The predicted molar refractivity (Wildman–Crippen MR) is 74.4 cm³/mol. The van der Waals surface area contributed by atoms with Gasteiger partial charge in [0.25, 0.3) is 5.56 Å². The van der Waals surface area contributed by atoms with Crippen molar-refractivity contribution < 1.29 is 5.21 Å². The van der Waals surface area contributed by atoms with E-state index in [-0.39, 0.29) is 5.82 Å². The fourth-order valence-electron chi connectivity index (χ4n) is 1.88. The minimum atomic E-state index is -0.489.